The van der Waals surface area contributed by atoms with Crippen molar-refractivity contribution in [3.8, 4) is 5.75 Å². The minimum absolute atomic E-state index is 0.0270. The molecule has 0 amide bonds. The smallest absolute Gasteiger partial charge is 0.303 e. The van der Waals surface area contributed by atoms with E-state index in [1.807, 2.05) is 6.92 Å². The van der Waals surface area contributed by atoms with E-state index >= 15 is 0 Å². The largest absolute Gasteiger partial charge is 0.481 e. The van der Waals surface area contributed by atoms with E-state index in [1.165, 1.54) is 0 Å². The molecule has 0 aliphatic carbocycles. The average Bonchev–Trinajstić information content (AvgIpc) is 3.00. The number of hydrogen-bond donors (Lipinski definition) is 1. The fraction of sp³-hybridized carbons (Fsp3) is 0.294. The van der Waals surface area contributed by atoms with Gasteiger partial charge in [-0.3, -0.25) is 4.79 Å². The summed E-state index contributed by atoms with van der Waals surface area (Å²) in [5.74, 6) is 0.117. The number of carboxylic acids is 1. The first-order valence-electron chi connectivity index (χ1n) is 7.81. The molecule has 25 heavy (non-hydrogen) atoms. The van der Waals surface area contributed by atoms with E-state index in [9.17, 15) is 4.79 Å². The molecule has 7 nitrogen and oxygen atoms in total. The van der Waals surface area contributed by atoms with Crippen LogP contribution in [0.15, 0.2) is 35.1 Å². The fourth-order valence-electron chi connectivity index (χ4n) is 2.43. The number of aromatic nitrogens is 3. The van der Waals surface area contributed by atoms with Crippen molar-refractivity contribution < 1.29 is 19.2 Å². The van der Waals surface area contributed by atoms with E-state index in [0.29, 0.717) is 39.7 Å². The number of ether oxygens (including phenoxy) is 1. The standard InChI is InChI=1S/C17H16ClN3O4/c1-2-13(17-19-6-3-7-20-17)24-15-9-14-10(8-11(15)18)12(21-25-14)4-5-16(22)23/h3,6-9,13H,2,4-5H2,1H3,(H,22,23)/t13-/m1/s1. The van der Waals surface area contributed by atoms with Crippen LogP contribution in [-0.2, 0) is 11.2 Å². The third-order valence-corrected chi connectivity index (χ3v) is 3.98. The van der Waals surface area contributed by atoms with Crippen LogP contribution < -0.4 is 4.74 Å². The molecule has 2 aromatic heterocycles. The van der Waals surface area contributed by atoms with E-state index in [1.54, 1.807) is 30.6 Å². The molecule has 130 valence electrons. The molecule has 3 rings (SSSR count). The SMILES string of the molecule is CC[C@@H](Oc1cc2onc(CCC(=O)O)c2cc1Cl)c1ncccn1. The highest BCUT2D eigenvalue weighted by Crippen LogP contribution is 2.35. The number of carbonyl (C=O) groups is 1. The molecule has 0 saturated carbocycles. The maximum absolute atomic E-state index is 10.7. The van der Waals surface area contributed by atoms with Crippen LogP contribution in [0.1, 0.15) is 37.4 Å². The van der Waals surface area contributed by atoms with Gasteiger partial charge in [0.2, 0.25) is 0 Å². The summed E-state index contributed by atoms with van der Waals surface area (Å²) in [5, 5.41) is 13.8. The molecule has 0 bridgehead atoms. The Labute approximate surface area is 148 Å². The van der Waals surface area contributed by atoms with Crippen molar-refractivity contribution in [1.82, 2.24) is 15.1 Å². The van der Waals surface area contributed by atoms with Gasteiger partial charge >= 0.3 is 5.97 Å². The predicted octanol–water partition coefficient (Wildman–Crippen LogP) is 3.82. The average molecular weight is 362 g/mol. The molecule has 1 atom stereocenters. The molecule has 2 heterocycles. The Bertz CT molecular complexity index is 882. The summed E-state index contributed by atoms with van der Waals surface area (Å²) in [5.41, 5.74) is 1.05. The molecule has 0 saturated heterocycles. The lowest BCUT2D eigenvalue weighted by Gasteiger charge is -2.16. The molecule has 1 aromatic carbocycles. The maximum Gasteiger partial charge on any atom is 0.303 e. The van der Waals surface area contributed by atoms with Crippen LogP contribution >= 0.6 is 11.6 Å². The van der Waals surface area contributed by atoms with Crippen LogP contribution in [0.3, 0.4) is 0 Å². The highest BCUT2D eigenvalue weighted by atomic mass is 35.5. The van der Waals surface area contributed by atoms with Gasteiger partial charge in [0.15, 0.2) is 17.5 Å². The van der Waals surface area contributed by atoms with Crippen LogP contribution in [-0.4, -0.2) is 26.2 Å². The summed E-state index contributed by atoms with van der Waals surface area (Å²) in [6.07, 6.45) is 3.88. The van der Waals surface area contributed by atoms with Gasteiger partial charge in [-0.05, 0) is 18.6 Å². The molecule has 8 heteroatoms. The van der Waals surface area contributed by atoms with E-state index in [4.69, 9.17) is 26.0 Å². The van der Waals surface area contributed by atoms with Crippen LogP contribution in [0.5, 0.6) is 5.75 Å². The van der Waals surface area contributed by atoms with E-state index in [-0.39, 0.29) is 18.9 Å². The van der Waals surface area contributed by atoms with Crippen molar-refractivity contribution in [3.63, 3.8) is 0 Å². The molecular formula is C17H16ClN3O4. The lowest BCUT2D eigenvalue weighted by atomic mass is 10.1. The number of carboxylic acid groups (broad SMARTS) is 1. The fourth-order valence-corrected chi connectivity index (χ4v) is 2.64. The lowest BCUT2D eigenvalue weighted by Crippen LogP contribution is -2.10. The number of aliphatic carboxylic acids is 1. The second-order valence-electron chi connectivity index (χ2n) is 5.42. The van der Waals surface area contributed by atoms with Crippen LogP contribution in [0.25, 0.3) is 11.0 Å². The van der Waals surface area contributed by atoms with Gasteiger partial charge in [0.25, 0.3) is 0 Å². The summed E-state index contributed by atoms with van der Waals surface area (Å²) in [4.78, 5) is 19.1. The van der Waals surface area contributed by atoms with Crippen molar-refractivity contribution in [2.24, 2.45) is 0 Å². The first-order chi connectivity index (χ1) is 12.1. The number of halogens is 1. The molecule has 0 spiro atoms. The number of fused-ring (bicyclic) bond motifs is 1. The van der Waals surface area contributed by atoms with Crippen LogP contribution in [0.2, 0.25) is 5.02 Å². The highest BCUT2D eigenvalue weighted by Gasteiger charge is 2.18. The van der Waals surface area contributed by atoms with Crippen molar-refractivity contribution >= 4 is 28.5 Å². The van der Waals surface area contributed by atoms with Crippen molar-refractivity contribution in [2.45, 2.75) is 32.3 Å². The normalized spacial score (nSPS) is 12.2. The first-order valence-corrected chi connectivity index (χ1v) is 8.19. The first kappa shape index (κ1) is 17.2. The number of benzene rings is 1. The second-order valence-corrected chi connectivity index (χ2v) is 5.83. The van der Waals surface area contributed by atoms with Gasteiger partial charge in [-0.2, -0.15) is 0 Å². The predicted molar refractivity (Wildman–Crippen MR) is 90.7 cm³/mol. The van der Waals surface area contributed by atoms with E-state index in [2.05, 4.69) is 15.1 Å². The van der Waals surface area contributed by atoms with Gasteiger partial charge in [0.05, 0.1) is 17.1 Å². The number of nitrogens with zero attached hydrogens (tertiary/aromatic N) is 3. The Morgan fingerprint density at radius 3 is 2.80 bits per heavy atom. The van der Waals surface area contributed by atoms with Gasteiger partial charge in [-0.15, -0.1) is 0 Å². The molecule has 0 radical (unpaired) electrons. The minimum atomic E-state index is -0.893. The Morgan fingerprint density at radius 1 is 1.36 bits per heavy atom. The molecule has 3 aromatic rings. The highest BCUT2D eigenvalue weighted by molar-refractivity contribution is 6.32. The molecule has 0 aliphatic rings. The Morgan fingerprint density at radius 2 is 2.12 bits per heavy atom. The molecular weight excluding hydrogens is 346 g/mol. The molecule has 0 aliphatic heterocycles. The summed E-state index contributed by atoms with van der Waals surface area (Å²) in [6.45, 7) is 1.96. The van der Waals surface area contributed by atoms with Gasteiger partial charge in [-0.25, -0.2) is 9.97 Å². The Balaban J connectivity index is 1.87. The van der Waals surface area contributed by atoms with Gasteiger partial charge < -0.3 is 14.4 Å². The number of aryl methyl sites for hydroxylation is 1. The zero-order valence-electron chi connectivity index (χ0n) is 13.5. The Hall–Kier alpha value is -2.67. The van der Waals surface area contributed by atoms with Gasteiger partial charge in [0.1, 0.15) is 5.75 Å². The minimum Gasteiger partial charge on any atom is -0.481 e. The van der Waals surface area contributed by atoms with Gasteiger partial charge in [0, 0.05) is 30.3 Å². The van der Waals surface area contributed by atoms with Crippen molar-refractivity contribution in [2.75, 3.05) is 0 Å². The van der Waals surface area contributed by atoms with Crippen LogP contribution in [0.4, 0.5) is 0 Å². The summed E-state index contributed by atoms with van der Waals surface area (Å²) < 4.78 is 11.2. The zero-order valence-corrected chi connectivity index (χ0v) is 14.2. The van der Waals surface area contributed by atoms with E-state index in [0.717, 1.165) is 0 Å². The molecule has 1 N–H and O–H groups in total. The van der Waals surface area contributed by atoms with Crippen LogP contribution in [0, 0.1) is 0 Å². The number of rotatable bonds is 7. The maximum atomic E-state index is 10.7. The lowest BCUT2D eigenvalue weighted by molar-refractivity contribution is -0.136. The zero-order chi connectivity index (χ0) is 17.8. The molecule has 0 fully saturated rings. The quantitative estimate of drug-likeness (QED) is 0.682. The monoisotopic (exact) mass is 361 g/mol. The van der Waals surface area contributed by atoms with Gasteiger partial charge in [-0.1, -0.05) is 23.7 Å². The van der Waals surface area contributed by atoms with E-state index < -0.39 is 5.97 Å². The third kappa shape index (κ3) is 3.88. The molecule has 0 unspecified atom stereocenters. The topological polar surface area (TPSA) is 98.3 Å². The third-order valence-electron chi connectivity index (χ3n) is 3.69. The summed E-state index contributed by atoms with van der Waals surface area (Å²) in [6, 6.07) is 5.07. The number of hydrogen-bond acceptors (Lipinski definition) is 6. The summed E-state index contributed by atoms with van der Waals surface area (Å²) >= 11 is 6.33. The van der Waals surface area contributed by atoms with Crippen molar-refractivity contribution in [3.05, 3.63) is 47.1 Å². The second kappa shape index (κ2) is 7.48. The Kier molecular flexibility index (Phi) is 5.14. The van der Waals surface area contributed by atoms with Crippen molar-refractivity contribution in [1.29, 1.82) is 0 Å². The summed E-state index contributed by atoms with van der Waals surface area (Å²) in [7, 11) is 0.